The van der Waals surface area contributed by atoms with Crippen molar-refractivity contribution in [3.05, 3.63) is 17.3 Å². The molecule has 0 atom stereocenters. The van der Waals surface area contributed by atoms with Crippen LogP contribution in [0.2, 0.25) is 0 Å². The Balaban J connectivity index is 1.81. The van der Waals surface area contributed by atoms with Crippen LogP contribution >= 0.6 is 11.3 Å². The lowest BCUT2D eigenvalue weighted by molar-refractivity contribution is 0.258. The van der Waals surface area contributed by atoms with E-state index < -0.39 is 0 Å². The molecule has 19 heavy (non-hydrogen) atoms. The van der Waals surface area contributed by atoms with Crippen molar-refractivity contribution in [1.29, 1.82) is 0 Å². The molecule has 1 aliphatic rings. The van der Waals surface area contributed by atoms with E-state index in [1.165, 1.54) is 23.2 Å². The van der Waals surface area contributed by atoms with E-state index >= 15 is 0 Å². The quantitative estimate of drug-likeness (QED) is 0.862. The Kier molecular flexibility index (Phi) is 3.66. The molecule has 102 valence electrons. The Morgan fingerprint density at radius 3 is 2.74 bits per heavy atom. The Labute approximate surface area is 118 Å². The molecule has 0 aliphatic carbocycles. The van der Waals surface area contributed by atoms with Crippen LogP contribution in [-0.2, 0) is 0 Å². The van der Waals surface area contributed by atoms with E-state index in [0.29, 0.717) is 0 Å². The van der Waals surface area contributed by atoms with Crippen molar-refractivity contribution >= 4 is 27.4 Å². The molecule has 3 rings (SSSR count). The molecule has 0 amide bonds. The molecule has 2 aromatic rings. The second-order valence-electron chi connectivity index (χ2n) is 5.10. The Bertz CT molecular complexity index is 558. The molecule has 4 nitrogen and oxygen atoms in total. The summed E-state index contributed by atoms with van der Waals surface area (Å²) in [7, 11) is 0. The molecular weight excluding hydrogens is 256 g/mol. The molecule has 1 fully saturated rings. The summed E-state index contributed by atoms with van der Waals surface area (Å²) in [4.78, 5) is 16.2. The lowest BCUT2D eigenvalue weighted by Crippen LogP contribution is -2.46. The number of rotatable bonds is 3. The summed E-state index contributed by atoms with van der Waals surface area (Å²) in [6.07, 6.45) is 2.94. The third kappa shape index (κ3) is 2.58. The van der Waals surface area contributed by atoms with E-state index in [-0.39, 0.29) is 0 Å². The summed E-state index contributed by atoms with van der Waals surface area (Å²) < 4.78 is 0. The number of piperazine rings is 1. The third-order valence-electron chi connectivity index (χ3n) is 3.64. The Morgan fingerprint density at radius 2 is 2.00 bits per heavy atom. The fourth-order valence-corrected chi connectivity index (χ4v) is 3.56. The van der Waals surface area contributed by atoms with Gasteiger partial charge in [0.1, 0.15) is 17.0 Å². The second kappa shape index (κ2) is 5.43. The fraction of sp³-hybridized carbons (Fsp3) is 0.571. The normalized spacial score (nSPS) is 17.3. The number of thiophene rings is 1. The van der Waals surface area contributed by atoms with Gasteiger partial charge in [0, 0.05) is 31.1 Å². The van der Waals surface area contributed by atoms with Gasteiger partial charge in [-0.15, -0.1) is 11.3 Å². The van der Waals surface area contributed by atoms with Crippen molar-refractivity contribution in [3.63, 3.8) is 0 Å². The Morgan fingerprint density at radius 1 is 1.21 bits per heavy atom. The first-order valence-electron chi connectivity index (χ1n) is 6.96. The topological polar surface area (TPSA) is 32.3 Å². The first kappa shape index (κ1) is 12.8. The van der Waals surface area contributed by atoms with Crippen molar-refractivity contribution in [2.24, 2.45) is 0 Å². The van der Waals surface area contributed by atoms with Crippen LogP contribution < -0.4 is 4.90 Å². The van der Waals surface area contributed by atoms with Crippen LogP contribution in [0.15, 0.2) is 12.4 Å². The van der Waals surface area contributed by atoms with Crippen LogP contribution in [0.5, 0.6) is 0 Å². The summed E-state index contributed by atoms with van der Waals surface area (Å²) in [5, 5.41) is 1.22. The molecule has 3 heterocycles. The highest BCUT2D eigenvalue weighted by Gasteiger charge is 2.19. The number of fused-ring (bicyclic) bond motifs is 1. The molecule has 2 aromatic heterocycles. The number of anilines is 1. The summed E-state index contributed by atoms with van der Waals surface area (Å²) in [6, 6.07) is 2.22. The number of aryl methyl sites for hydroxylation is 1. The zero-order valence-corrected chi connectivity index (χ0v) is 12.4. The van der Waals surface area contributed by atoms with Crippen molar-refractivity contribution in [2.45, 2.75) is 20.3 Å². The summed E-state index contributed by atoms with van der Waals surface area (Å²) in [5.41, 5.74) is 0. The van der Waals surface area contributed by atoms with Crippen molar-refractivity contribution in [2.75, 3.05) is 37.6 Å². The van der Waals surface area contributed by atoms with Gasteiger partial charge in [-0.05, 0) is 26.0 Å². The molecule has 0 unspecified atom stereocenters. The zero-order valence-electron chi connectivity index (χ0n) is 11.6. The van der Waals surface area contributed by atoms with E-state index in [9.17, 15) is 0 Å². The van der Waals surface area contributed by atoms with Gasteiger partial charge in [0.25, 0.3) is 0 Å². The van der Waals surface area contributed by atoms with Gasteiger partial charge in [-0.3, -0.25) is 4.90 Å². The van der Waals surface area contributed by atoms with Crippen LogP contribution in [0.1, 0.15) is 18.2 Å². The van der Waals surface area contributed by atoms with Gasteiger partial charge in [-0.25, -0.2) is 9.97 Å². The highest BCUT2D eigenvalue weighted by molar-refractivity contribution is 7.18. The van der Waals surface area contributed by atoms with E-state index in [2.05, 4.69) is 39.7 Å². The fourth-order valence-electron chi connectivity index (χ4n) is 2.72. The van der Waals surface area contributed by atoms with Gasteiger partial charge in [0.15, 0.2) is 0 Å². The largest absolute Gasteiger partial charge is 0.353 e. The number of hydrogen-bond acceptors (Lipinski definition) is 5. The SMILES string of the molecule is CCCN1CCN(c2ncnc3sc(C)cc23)CC1. The summed E-state index contributed by atoms with van der Waals surface area (Å²) in [5.74, 6) is 1.12. The molecule has 5 heteroatoms. The van der Waals surface area contributed by atoms with Crippen LogP contribution in [0, 0.1) is 6.92 Å². The van der Waals surface area contributed by atoms with Crippen LogP contribution in [0.25, 0.3) is 10.2 Å². The summed E-state index contributed by atoms with van der Waals surface area (Å²) in [6.45, 7) is 10.0. The van der Waals surface area contributed by atoms with Gasteiger partial charge in [-0.1, -0.05) is 6.92 Å². The molecule has 0 aromatic carbocycles. The predicted octanol–water partition coefficient (Wildman–Crippen LogP) is 2.53. The van der Waals surface area contributed by atoms with Gasteiger partial charge < -0.3 is 4.90 Å². The molecular formula is C14H20N4S. The monoisotopic (exact) mass is 276 g/mol. The molecule has 1 aliphatic heterocycles. The van der Waals surface area contributed by atoms with Crippen LogP contribution in [0.4, 0.5) is 5.82 Å². The van der Waals surface area contributed by atoms with E-state index in [0.717, 1.165) is 36.8 Å². The van der Waals surface area contributed by atoms with Gasteiger partial charge in [0.05, 0.1) is 5.39 Å². The lowest BCUT2D eigenvalue weighted by Gasteiger charge is -2.35. The van der Waals surface area contributed by atoms with E-state index in [4.69, 9.17) is 0 Å². The minimum absolute atomic E-state index is 1.07. The number of aromatic nitrogens is 2. The van der Waals surface area contributed by atoms with Crippen molar-refractivity contribution < 1.29 is 0 Å². The molecule has 0 saturated carbocycles. The van der Waals surface area contributed by atoms with Crippen molar-refractivity contribution in [3.8, 4) is 0 Å². The second-order valence-corrected chi connectivity index (χ2v) is 6.34. The maximum atomic E-state index is 4.52. The maximum Gasteiger partial charge on any atom is 0.140 e. The van der Waals surface area contributed by atoms with Crippen LogP contribution in [0.3, 0.4) is 0 Å². The van der Waals surface area contributed by atoms with E-state index in [1.807, 2.05) is 0 Å². The molecule has 0 radical (unpaired) electrons. The minimum Gasteiger partial charge on any atom is -0.353 e. The summed E-state index contributed by atoms with van der Waals surface area (Å²) >= 11 is 1.75. The van der Waals surface area contributed by atoms with Gasteiger partial charge in [0.2, 0.25) is 0 Å². The molecule has 0 bridgehead atoms. The molecule has 1 saturated heterocycles. The lowest BCUT2D eigenvalue weighted by atomic mass is 10.2. The standard InChI is InChI=1S/C14H20N4S/c1-3-4-17-5-7-18(8-6-17)13-12-9-11(2)19-14(12)16-10-15-13/h9-10H,3-8H2,1-2H3. The third-order valence-corrected chi connectivity index (χ3v) is 4.60. The average molecular weight is 276 g/mol. The maximum absolute atomic E-state index is 4.52. The predicted molar refractivity (Wildman–Crippen MR) is 81.1 cm³/mol. The average Bonchev–Trinajstić information content (AvgIpc) is 2.80. The van der Waals surface area contributed by atoms with Crippen molar-refractivity contribution in [1.82, 2.24) is 14.9 Å². The smallest absolute Gasteiger partial charge is 0.140 e. The zero-order chi connectivity index (χ0) is 13.2. The number of nitrogens with zero attached hydrogens (tertiary/aromatic N) is 4. The molecule has 0 spiro atoms. The van der Waals surface area contributed by atoms with Gasteiger partial charge in [-0.2, -0.15) is 0 Å². The van der Waals surface area contributed by atoms with Crippen LogP contribution in [-0.4, -0.2) is 47.6 Å². The highest BCUT2D eigenvalue weighted by atomic mass is 32.1. The highest BCUT2D eigenvalue weighted by Crippen LogP contribution is 2.30. The molecule has 0 N–H and O–H groups in total. The van der Waals surface area contributed by atoms with E-state index in [1.54, 1.807) is 17.7 Å². The Hall–Kier alpha value is -1.20. The van der Waals surface area contributed by atoms with Gasteiger partial charge >= 0.3 is 0 Å². The minimum atomic E-state index is 1.07. The first-order valence-corrected chi connectivity index (χ1v) is 7.78. The number of hydrogen-bond donors (Lipinski definition) is 0. The first-order chi connectivity index (χ1) is 9.28.